The SMILES string of the molecule is CCOc1c(NCC(=O)Nc2cccc(OC)c2)cccc1S(=O)(=O)c1ccc(C)cc1. The van der Waals surface area contributed by atoms with Crippen LogP contribution in [0.5, 0.6) is 11.5 Å². The van der Waals surface area contributed by atoms with E-state index < -0.39 is 9.84 Å². The van der Waals surface area contributed by atoms with Crippen molar-refractivity contribution in [1.82, 2.24) is 0 Å². The molecule has 0 saturated heterocycles. The Morgan fingerprint density at radius 3 is 2.41 bits per heavy atom. The zero-order valence-corrected chi connectivity index (χ0v) is 19.0. The van der Waals surface area contributed by atoms with Gasteiger partial charge in [-0.15, -0.1) is 0 Å². The van der Waals surface area contributed by atoms with E-state index in [2.05, 4.69) is 10.6 Å². The summed E-state index contributed by atoms with van der Waals surface area (Å²) in [4.78, 5) is 12.6. The van der Waals surface area contributed by atoms with Crippen molar-refractivity contribution in [3.8, 4) is 11.5 Å². The Kier molecular flexibility index (Phi) is 7.37. The first-order valence-electron chi connectivity index (χ1n) is 10.1. The maximum Gasteiger partial charge on any atom is 0.243 e. The molecule has 0 aromatic heterocycles. The van der Waals surface area contributed by atoms with Crippen molar-refractivity contribution in [2.45, 2.75) is 23.6 Å². The van der Waals surface area contributed by atoms with Crippen molar-refractivity contribution >= 4 is 27.1 Å². The second kappa shape index (κ2) is 10.2. The third-order valence-corrected chi connectivity index (χ3v) is 6.47. The predicted octanol–water partition coefficient (Wildman–Crippen LogP) is 4.29. The maximum atomic E-state index is 13.2. The minimum Gasteiger partial charge on any atom is -0.497 e. The van der Waals surface area contributed by atoms with Crippen molar-refractivity contribution in [2.75, 3.05) is 30.9 Å². The summed E-state index contributed by atoms with van der Waals surface area (Å²) < 4.78 is 37.3. The third-order valence-electron chi connectivity index (χ3n) is 4.68. The third kappa shape index (κ3) is 5.39. The Balaban J connectivity index is 1.82. The second-order valence-electron chi connectivity index (χ2n) is 7.02. The molecule has 3 aromatic carbocycles. The van der Waals surface area contributed by atoms with Gasteiger partial charge in [-0.25, -0.2) is 8.42 Å². The van der Waals surface area contributed by atoms with E-state index >= 15 is 0 Å². The number of anilines is 2. The molecule has 2 N–H and O–H groups in total. The van der Waals surface area contributed by atoms with Crippen LogP contribution in [0.2, 0.25) is 0 Å². The highest BCUT2D eigenvalue weighted by molar-refractivity contribution is 7.91. The van der Waals surface area contributed by atoms with E-state index in [-0.39, 0.29) is 34.6 Å². The summed E-state index contributed by atoms with van der Waals surface area (Å²) in [5, 5.41) is 5.76. The maximum absolute atomic E-state index is 13.2. The number of sulfone groups is 1. The number of carbonyl (C=O) groups is 1. The molecule has 0 fully saturated rings. The Morgan fingerprint density at radius 2 is 1.72 bits per heavy atom. The monoisotopic (exact) mass is 454 g/mol. The first kappa shape index (κ1) is 23.1. The molecule has 7 nitrogen and oxygen atoms in total. The Morgan fingerprint density at radius 1 is 1.00 bits per heavy atom. The quantitative estimate of drug-likeness (QED) is 0.501. The van der Waals surface area contributed by atoms with Gasteiger partial charge in [-0.1, -0.05) is 29.8 Å². The fourth-order valence-corrected chi connectivity index (χ4v) is 4.50. The first-order valence-corrected chi connectivity index (χ1v) is 11.6. The van der Waals surface area contributed by atoms with Gasteiger partial charge in [0, 0.05) is 11.8 Å². The van der Waals surface area contributed by atoms with Gasteiger partial charge in [-0.05, 0) is 50.2 Å². The molecule has 0 heterocycles. The summed E-state index contributed by atoms with van der Waals surface area (Å²) in [5.41, 5.74) is 1.98. The van der Waals surface area contributed by atoms with E-state index in [1.807, 2.05) is 6.92 Å². The van der Waals surface area contributed by atoms with Crippen molar-refractivity contribution in [3.63, 3.8) is 0 Å². The highest BCUT2D eigenvalue weighted by Crippen LogP contribution is 2.36. The van der Waals surface area contributed by atoms with Crippen LogP contribution in [0.4, 0.5) is 11.4 Å². The molecule has 0 atom stereocenters. The lowest BCUT2D eigenvalue weighted by Crippen LogP contribution is -2.22. The molecule has 0 unspecified atom stereocenters. The Bertz CT molecular complexity index is 1190. The molecule has 0 spiro atoms. The molecule has 32 heavy (non-hydrogen) atoms. The molecule has 0 aliphatic heterocycles. The van der Waals surface area contributed by atoms with Crippen molar-refractivity contribution in [2.24, 2.45) is 0 Å². The number of hydrogen-bond donors (Lipinski definition) is 2. The average molecular weight is 455 g/mol. The molecule has 8 heteroatoms. The number of hydrogen-bond acceptors (Lipinski definition) is 6. The molecule has 0 saturated carbocycles. The summed E-state index contributed by atoms with van der Waals surface area (Å²) >= 11 is 0. The standard InChI is InChI=1S/C24H26N2O5S/c1-4-31-24-21(25-16-23(27)26-18-7-5-8-19(15-18)30-3)9-6-10-22(24)32(28,29)20-13-11-17(2)12-14-20/h5-15,25H,4,16H2,1-3H3,(H,26,27). The van der Waals surface area contributed by atoms with E-state index in [1.165, 1.54) is 6.07 Å². The Hall–Kier alpha value is -3.52. The smallest absolute Gasteiger partial charge is 0.243 e. The fourth-order valence-electron chi connectivity index (χ4n) is 3.09. The van der Waals surface area contributed by atoms with Gasteiger partial charge >= 0.3 is 0 Å². The minimum atomic E-state index is -3.81. The molecule has 0 aliphatic rings. The molecule has 1 amide bonds. The van der Waals surface area contributed by atoms with Crippen LogP contribution in [0.15, 0.2) is 76.5 Å². The van der Waals surface area contributed by atoms with Crippen LogP contribution in [0.3, 0.4) is 0 Å². The van der Waals surface area contributed by atoms with Crippen molar-refractivity contribution < 1.29 is 22.7 Å². The summed E-state index contributed by atoms with van der Waals surface area (Å²) in [6, 6.07) is 18.4. The van der Waals surface area contributed by atoms with Gasteiger partial charge in [-0.2, -0.15) is 0 Å². The van der Waals surface area contributed by atoms with E-state index in [0.717, 1.165) is 5.56 Å². The van der Waals surface area contributed by atoms with Gasteiger partial charge in [0.25, 0.3) is 0 Å². The van der Waals surface area contributed by atoms with E-state index in [4.69, 9.17) is 9.47 Å². The van der Waals surface area contributed by atoms with Crippen LogP contribution in [0, 0.1) is 6.92 Å². The summed E-state index contributed by atoms with van der Waals surface area (Å²) in [6.07, 6.45) is 0. The largest absolute Gasteiger partial charge is 0.497 e. The number of methoxy groups -OCH3 is 1. The number of nitrogens with one attached hydrogen (secondary N) is 2. The number of aryl methyl sites for hydroxylation is 1. The first-order chi connectivity index (χ1) is 15.3. The predicted molar refractivity (Wildman–Crippen MR) is 124 cm³/mol. The lowest BCUT2D eigenvalue weighted by Gasteiger charge is -2.17. The number of para-hydroxylation sites is 1. The molecule has 0 aliphatic carbocycles. The van der Waals surface area contributed by atoms with Crippen LogP contribution in [-0.2, 0) is 14.6 Å². The van der Waals surface area contributed by atoms with E-state index in [9.17, 15) is 13.2 Å². The molecular weight excluding hydrogens is 428 g/mol. The van der Waals surface area contributed by atoms with Crippen LogP contribution >= 0.6 is 0 Å². The van der Waals surface area contributed by atoms with Gasteiger partial charge in [0.15, 0.2) is 5.75 Å². The van der Waals surface area contributed by atoms with Crippen LogP contribution in [-0.4, -0.2) is 34.6 Å². The molecule has 0 radical (unpaired) electrons. The van der Waals surface area contributed by atoms with Gasteiger partial charge in [0.05, 0.1) is 30.8 Å². The molecule has 3 aromatic rings. The lowest BCUT2D eigenvalue weighted by molar-refractivity contribution is -0.114. The zero-order valence-electron chi connectivity index (χ0n) is 18.2. The van der Waals surface area contributed by atoms with Crippen LogP contribution in [0.25, 0.3) is 0 Å². The van der Waals surface area contributed by atoms with Crippen LogP contribution < -0.4 is 20.1 Å². The zero-order chi connectivity index (χ0) is 23.1. The lowest BCUT2D eigenvalue weighted by atomic mass is 10.2. The summed E-state index contributed by atoms with van der Waals surface area (Å²) in [5.74, 6) is 0.514. The highest BCUT2D eigenvalue weighted by Gasteiger charge is 2.24. The van der Waals surface area contributed by atoms with Gasteiger partial charge in [0.1, 0.15) is 10.6 Å². The number of amides is 1. The number of carbonyl (C=O) groups excluding carboxylic acids is 1. The minimum absolute atomic E-state index is 0.0430. The normalized spacial score (nSPS) is 11.0. The number of ether oxygens (including phenoxy) is 2. The summed E-state index contributed by atoms with van der Waals surface area (Å²) in [6.45, 7) is 3.86. The average Bonchev–Trinajstić information content (AvgIpc) is 2.79. The van der Waals surface area contributed by atoms with Crippen molar-refractivity contribution in [1.29, 1.82) is 0 Å². The van der Waals surface area contributed by atoms with Gasteiger partial charge < -0.3 is 20.1 Å². The molecule has 0 bridgehead atoms. The topological polar surface area (TPSA) is 93.7 Å². The number of rotatable bonds is 9. The van der Waals surface area contributed by atoms with Crippen molar-refractivity contribution in [3.05, 3.63) is 72.3 Å². The van der Waals surface area contributed by atoms with Gasteiger partial charge in [-0.3, -0.25) is 4.79 Å². The van der Waals surface area contributed by atoms with Gasteiger partial charge in [0.2, 0.25) is 15.7 Å². The second-order valence-corrected chi connectivity index (χ2v) is 8.93. The molecular formula is C24H26N2O5S. The Labute approximate surface area is 188 Å². The van der Waals surface area contributed by atoms with Crippen LogP contribution in [0.1, 0.15) is 12.5 Å². The highest BCUT2D eigenvalue weighted by atomic mass is 32.2. The summed E-state index contributed by atoms with van der Waals surface area (Å²) in [7, 11) is -2.25. The van der Waals surface area contributed by atoms with E-state index in [1.54, 1.807) is 74.7 Å². The molecule has 3 rings (SSSR count). The fraction of sp³-hybridized carbons (Fsp3) is 0.208. The molecule has 168 valence electrons. The number of benzene rings is 3. The van der Waals surface area contributed by atoms with E-state index in [0.29, 0.717) is 17.1 Å².